The molecule has 62 heavy (non-hydrogen) atoms. The van der Waals surface area contributed by atoms with Gasteiger partial charge in [0.05, 0.1) is 23.4 Å². The van der Waals surface area contributed by atoms with Gasteiger partial charge < -0.3 is 4.74 Å². The van der Waals surface area contributed by atoms with Crippen molar-refractivity contribution in [3.63, 3.8) is 0 Å². The van der Waals surface area contributed by atoms with Gasteiger partial charge >= 0.3 is 5.97 Å². The molecular weight excluding hydrogens is 1030 g/mol. The van der Waals surface area contributed by atoms with Gasteiger partial charge in [0.25, 0.3) is 32.1 Å². The second-order valence-electron chi connectivity index (χ2n) is 16.5. The number of likely N-dealkylation sites (tertiary alicyclic amines) is 1. The third-order valence-electron chi connectivity index (χ3n) is 5.76. The number of alkyl halides is 2. The van der Waals surface area contributed by atoms with E-state index in [1.54, 1.807) is 72.7 Å². The molecule has 1 saturated heterocycles. The predicted molar refractivity (Wildman–Crippen MR) is 256 cm³/mol. The van der Waals surface area contributed by atoms with Crippen LogP contribution in [0.15, 0.2) is 46.4 Å². The van der Waals surface area contributed by atoms with Gasteiger partial charge in [-0.2, -0.15) is 16.8 Å². The zero-order valence-electron chi connectivity index (χ0n) is 39.7. The summed E-state index contributed by atoms with van der Waals surface area (Å²) in [6, 6.07) is 6.56. The summed E-state index contributed by atoms with van der Waals surface area (Å²) in [4.78, 5) is 60.5. The Labute approximate surface area is 393 Å². The molecule has 0 atom stereocenters. The van der Waals surface area contributed by atoms with Crippen molar-refractivity contribution in [2.75, 3.05) is 12.8 Å². The second kappa shape index (κ2) is 31.8. The molecule has 21 heteroatoms. The van der Waals surface area contributed by atoms with E-state index in [-0.39, 0.29) is 58.9 Å². The standard InChI is InChI=1S/C10H14O3S.C8H13NO2.C7H9NO2.C6H11N3O2.C4H10O3S.C3H7Br.C3H7I/c1-8(2)13-14(11,12)10-6-4-9(3)5-7-10;1-8(2,3)9-6(10)4-5-7(9)11;1-5(2)8-6(9)3-4-7(8)10;1-6(2,3)11-5(10)4-8-9-7;1-4(2)7-8(3,5)6;2*1-3(2)4/h4-8H,1-3H3;4-5H2,1-3H3;3-5H,1-2H3;4H2,1-3H3;4H,1-3H3;2*3H,1-2H3. The maximum absolute atomic E-state index is 11.5. The van der Waals surface area contributed by atoms with E-state index in [1.165, 1.54) is 22.0 Å². The lowest BCUT2D eigenvalue weighted by molar-refractivity contribution is -0.153. The third kappa shape index (κ3) is 38.7. The first-order valence-electron chi connectivity index (χ1n) is 19.6. The van der Waals surface area contributed by atoms with Crippen LogP contribution in [0.5, 0.6) is 0 Å². The minimum absolute atomic E-state index is 0.0324. The number of imide groups is 2. The first-order chi connectivity index (χ1) is 27.8. The fourth-order valence-corrected chi connectivity index (χ4v) is 5.86. The Morgan fingerprint density at radius 3 is 1.40 bits per heavy atom. The minimum atomic E-state index is -3.58. The SMILES string of the molecule is CC(C)(C)N1C(=O)CCC1=O.CC(C)(C)OC(=O)CN=[N+]=[N-].CC(C)Br.CC(C)I.CC(C)N1C(=O)C=CC1=O.CC(C)OS(C)(=O)=O.Cc1ccc(S(=O)(=O)OC(C)C)cc1. The Kier molecular flexibility index (Phi) is 33.7. The fourth-order valence-electron chi connectivity index (χ4n) is 4.07. The van der Waals surface area contributed by atoms with E-state index in [1.807, 2.05) is 41.5 Å². The van der Waals surface area contributed by atoms with Crippen LogP contribution in [0.4, 0.5) is 0 Å². The monoisotopic (exact) mass is 1100 g/mol. The lowest BCUT2D eigenvalue weighted by Gasteiger charge is -2.29. The van der Waals surface area contributed by atoms with Crippen molar-refractivity contribution in [1.82, 2.24) is 9.80 Å². The number of aryl methyl sites for hydroxylation is 1. The number of benzene rings is 1. The van der Waals surface area contributed by atoms with Crippen molar-refractivity contribution in [3.05, 3.63) is 52.4 Å². The van der Waals surface area contributed by atoms with Gasteiger partial charge in [-0.15, -0.1) is 0 Å². The summed E-state index contributed by atoms with van der Waals surface area (Å²) in [7, 11) is -6.80. The number of carbonyl (C=O) groups is 5. The number of carbonyl (C=O) groups excluding carboxylic acids is 5. The Morgan fingerprint density at radius 2 is 1.18 bits per heavy atom. The summed E-state index contributed by atoms with van der Waals surface area (Å²) in [5.41, 5.74) is 8.03. The molecule has 0 bridgehead atoms. The second-order valence-corrected chi connectivity index (χ2v) is 24.0. The zero-order chi connectivity index (χ0) is 50.0. The normalized spacial score (nSPS) is 13.6. The quantitative estimate of drug-likeness (QED) is 0.0347. The largest absolute Gasteiger partial charge is 0.460 e. The molecule has 3 rings (SSSR count). The molecule has 0 aromatic heterocycles. The molecule has 0 aliphatic carbocycles. The molecule has 358 valence electrons. The molecule has 2 heterocycles. The zero-order valence-corrected chi connectivity index (χ0v) is 45.1. The highest BCUT2D eigenvalue weighted by atomic mass is 127. The van der Waals surface area contributed by atoms with E-state index in [9.17, 15) is 40.8 Å². The number of hydrogen-bond acceptors (Lipinski definition) is 13. The van der Waals surface area contributed by atoms with E-state index in [2.05, 4.69) is 80.4 Å². The maximum Gasteiger partial charge on any atom is 0.312 e. The molecule has 1 aromatic rings. The topological polar surface area (TPSA) is 237 Å². The smallest absolute Gasteiger partial charge is 0.312 e. The number of halogens is 2. The number of rotatable bonds is 8. The lowest BCUT2D eigenvalue weighted by Crippen LogP contribution is -2.44. The van der Waals surface area contributed by atoms with E-state index in [0.29, 0.717) is 17.7 Å². The molecule has 0 radical (unpaired) electrons. The van der Waals surface area contributed by atoms with E-state index >= 15 is 0 Å². The molecule has 1 fully saturated rings. The van der Waals surface area contributed by atoms with Crippen LogP contribution >= 0.6 is 38.5 Å². The molecular formula is C41H71BrIN5O12S2. The molecule has 0 unspecified atom stereocenters. The van der Waals surface area contributed by atoms with E-state index in [4.69, 9.17) is 14.5 Å². The summed E-state index contributed by atoms with van der Waals surface area (Å²) in [5, 5.41) is 3.06. The van der Waals surface area contributed by atoms with Crippen molar-refractivity contribution >= 4 is 88.4 Å². The van der Waals surface area contributed by atoms with Gasteiger partial charge in [-0.05, 0) is 108 Å². The van der Waals surface area contributed by atoms with Crippen LogP contribution < -0.4 is 0 Å². The van der Waals surface area contributed by atoms with Crippen molar-refractivity contribution in [2.45, 2.75) is 174 Å². The first kappa shape index (κ1) is 65.7. The third-order valence-corrected chi connectivity index (χ3v) is 7.98. The molecule has 2 aliphatic heterocycles. The molecule has 0 N–H and O–H groups in total. The molecule has 17 nitrogen and oxygen atoms in total. The molecule has 4 amide bonds. The summed E-state index contributed by atoms with van der Waals surface area (Å²) in [6.07, 6.45) is 3.82. The van der Waals surface area contributed by atoms with Gasteiger partial charge in [0, 0.05) is 50.2 Å². The number of ether oxygens (including phenoxy) is 1. The van der Waals surface area contributed by atoms with Gasteiger partial charge in [0.15, 0.2) is 0 Å². The number of esters is 1. The average molecular weight is 1100 g/mol. The van der Waals surface area contributed by atoms with Crippen LogP contribution in [0.25, 0.3) is 10.4 Å². The molecule has 2 aliphatic rings. The van der Waals surface area contributed by atoms with Crippen molar-refractivity contribution in [2.24, 2.45) is 5.11 Å². The number of hydrogen-bond donors (Lipinski definition) is 0. The Morgan fingerprint density at radius 1 is 0.806 bits per heavy atom. The Bertz CT molecular complexity index is 1790. The van der Waals surface area contributed by atoms with Crippen LogP contribution in [0.2, 0.25) is 0 Å². The Balaban J connectivity index is -0.000000327. The Hall–Kier alpha value is -2.95. The van der Waals surface area contributed by atoms with E-state index in [0.717, 1.165) is 15.7 Å². The maximum atomic E-state index is 11.5. The summed E-state index contributed by atoms with van der Waals surface area (Å²) in [6.45, 7) is 31.3. The van der Waals surface area contributed by atoms with Gasteiger partial charge in [-0.25, -0.2) is 0 Å². The van der Waals surface area contributed by atoms with Gasteiger partial charge in [0.1, 0.15) is 12.1 Å². The van der Waals surface area contributed by atoms with E-state index < -0.39 is 31.8 Å². The van der Waals surface area contributed by atoms with Crippen LogP contribution in [0.3, 0.4) is 0 Å². The van der Waals surface area contributed by atoms with Gasteiger partial charge in [-0.3, -0.25) is 42.1 Å². The highest BCUT2D eigenvalue weighted by Crippen LogP contribution is 2.22. The lowest BCUT2D eigenvalue weighted by atomic mass is 10.1. The van der Waals surface area contributed by atoms with Gasteiger partial charge in [0.2, 0.25) is 11.8 Å². The van der Waals surface area contributed by atoms with Crippen molar-refractivity contribution in [1.29, 1.82) is 0 Å². The first-order valence-corrected chi connectivity index (χ1v) is 25.0. The minimum Gasteiger partial charge on any atom is -0.460 e. The highest BCUT2D eigenvalue weighted by molar-refractivity contribution is 14.1. The highest BCUT2D eigenvalue weighted by Gasteiger charge is 2.36. The van der Waals surface area contributed by atoms with Crippen molar-refractivity contribution < 1.29 is 53.9 Å². The van der Waals surface area contributed by atoms with Crippen LogP contribution in [0, 0.1) is 6.92 Å². The predicted octanol–water partition coefficient (Wildman–Crippen LogP) is 8.99. The van der Waals surface area contributed by atoms with Crippen LogP contribution in [0.1, 0.15) is 129 Å². The van der Waals surface area contributed by atoms with Crippen LogP contribution in [-0.2, 0) is 57.3 Å². The summed E-state index contributed by atoms with van der Waals surface area (Å²) in [5.74, 6) is -1.000. The van der Waals surface area contributed by atoms with Crippen LogP contribution in [-0.4, -0.2) is 107 Å². The number of azide groups is 1. The van der Waals surface area contributed by atoms with Crippen molar-refractivity contribution in [3.8, 4) is 0 Å². The fraction of sp³-hybridized carbons (Fsp3) is 0.683. The average Bonchev–Trinajstić information content (AvgIpc) is 3.57. The molecule has 1 aromatic carbocycles. The summed E-state index contributed by atoms with van der Waals surface area (Å²) < 4.78 is 58.4. The molecule has 0 spiro atoms. The number of amides is 4. The number of nitrogens with zero attached hydrogens (tertiary/aromatic N) is 5. The molecule has 0 saturated carbocycles. The van der Waals surface area contributed by atoms with Gasteiger partial charge in [-0.1, -0.05) is 89.0 Å². The summed E-state index contributed by atoms with van der Waals surface area (Å²) >= 11 is 5.61.